The molecule has 0 amide bonds. The molecule has 1 aliphatic carbocycles. The topological polar surface area (TPSA) is 118 Å². The molecule has 136 valence electrons. The van der Waals surface area contributed by atoms with E-state index in [1.54, 1.807) is 10.9 Å². The lowest BCUT2D eigenvalue weighted by Crippen LogP contribution is -2.44. The summed E-state index contributed by atoms with van der Waals surface area (Å²) in [5, 5.41) is 0. The molecule has 6 atom stereocenters. The first-order valence-corrected chi connectivity index (χ1v) is 9.68. The Kier molecular flexibility index (Phi) is 6.58. The molecule has 25 heavy (non-hydrogen) atoms. The van der Waals surface area contributed by atoms with Crippen LogP contribution in [0.3, 0.4) is 0 Å². The first-order chi connectivity index (χ1) is 12.2. The molecule has 13 heteroatoms. The third-order valence-corrected chi connectivity index (χ3v) is 5.79. The van der Waals surface area contributed by atoms with Crippen LogP contribution in [0.15, 0.2) is 24.8 Å². The first-order valence-electron chi connectivity index (χ1n) is 7.19. The van der Waals surface area contributed by atoms with Crippen LogP contribution in [0.25, 0.3) is 11.2 Å². The maximum absolute atomic E-state index is 13.6. The van der Waals surface area contributed by atoms with E-state index in [4.69, 9.17) is 19.5 Å². The highest BCUT2D eigenvalue weighted by Crippen LogP contribution is 2.50. The van der Waals surface area contributed by atoms with E-state index in [1.807, 2.05) is 0 Å². The van der Waals surface area contributed by atoms with Gasteiger partial charge in [0.1, 0.15) is 11.8 Å². The Balaban J connectivity index is 1.64. The molecule has 3 N–H and O–H groups in total. The minimum atomic E-state index is -0.613. The second-order valence-corrected chi connectivity index (χ2v) is 7.74. The molecule has 0 aromatic carbocycles. The molecule has 1 fully saturated rings. The van der Waals surface area contributed by atoms with Crippen molar-refractivity contribution in [1.82, 2.24) is 19.5 Å². The van der Waals surface area contributed by atoms with Crippen LogP contribution in [0, 0.1) is 11.8 Å². The van der Waals surface area contributed by atoms with Crippen LogP contribution in [-0.2, 0) is 13.1 Å². The van der Waals surface area contributed by atoms with Crippen LogP contribution >= 0.6 is 27.1 Å². The molecule has 0 bridgehead atoms. The summed E-state index contributed by atoms with van der Waals surface area (Å²) < 4.78 is 30.5. The molecular weight excluding hydrogens is 390 g/mol. The molecule has 1 saturated carbocycles. The van der Waals surface area contributed by atoms with Crippen molar-refractivity contribution in [3.63, 3.8) is 0 Å². The van der Waals surface area contributed by atoms with E-state index in [0.717, 1.165) is 5.57 Å². The fraction of sp³-hybridized carbons (Fsp3) is 0.417. The van der Waals surface area contributed by atoms with Gasteiger partial charge in [-0.3, -0.25) is 13.0 Å². The maximum atomic E-state index is 13.6. The van der Waals surface area contributed by atoms with Crippen LogP contribution in [0.1, 0.15) is 6.04 Å². The highest BCUT2D eigenvalue weighted by Gasteiger charge is 2.46. The second-order valence-electron chi connectivity index (χ2n) is 5.30. The van der Waals surface area contributed by atoms with Crippen molar-refractivity contribution in [2.45, 2.75) is 6.04 Å². The molecule has 3 unspecified atom stereocenters. The number of nitrogens with zero attached hydrogens (tertiary/aromatic N) is 4. The van der Waals surface area contributed by atoms with Crippen molar-refractivity contribution >= 4 is 44.1 Å². The van der Waals surface area contributed by atoms with Gasteiger partial charge in [-0.1, -0.05) is 6.58 Å². The molecule has 0 aliphatic heterocycles. The Morgan fingerprint density at radius 3 is 2.92 bits per heavy atom. The predicted octanol–water partition coefficient (Wildman–Crippen LogP) is 2.29. The zero-order chi connectivity index (χ0) is 17.8. The molecular formula is C12H17FN5O4P3. The Hall–Kier alpha value is -0.850. The number of rotatable bonds is 9. The van der Waals surface area contributed by atoms with E-state index in [1.165, 1.54) is 6.33 Å². The highest BCUT2D eigenvalue weighted by molar-refractivity contribution is 7.46. The third-order valence-electron chi connectivity index (χ3n) is 4.14. The smallest absolute Gasteiger partial charge is 0.167 e. The molecule has 2 aromatic rings. The summed E-state index contributed by atoms with van der Waals surface area (Å²) in [6.07, 6.45) is 2.95. The quantitative estimate of drug-likeness (QED) is 0.369. The summed E-state index contributed by atoms with van der Waals surface area (Å²) in [7, 11) is -1.13. The average molecular weight is 407 g/mol. The summed E-state index contributed by atoms with van der Waals surface area (Å²) >= 11 is 0. The molecule has 9 nitrogen and oxygen atoms in total. The van der Waals surface area contributed by atoms with Crippen LogP contribution in [0.5, 0.6) is 0 Å². The summed E-state index contributed by atoms with van der Waals surface area (Å²) in [5.41, 5.74) is 7.69. The second kappa shape index (κ2) is 8.69. The number of alkyl halides is 1. The number of hydrogen-bond acceptors (Lipinski definition) is 8. The fourth-order valence-electron chi connectivity index (χ4n) is 2.96. The Morgan fingerprint density at radius 1 is 1.32 bits per heavy atom. The maximum Gasteiger partial charge on any atom is 0.167 e. The molecule has 1 aliphatic rings. The summed E-state index contributed by atoms with van der Waals surface area (Å²) in [5.74, 6) is -0.120. The van der Waals surface area contributed by atoms with E-state index in [-0.39, 0.29) is 41.8 Å². The van der Waals surface area contributed by atoms with Gasteiger partial charge in [0.25, 0.3) is 0 Å². The van der Waals surface area contributed by atoms with Crippen LogP contribution in [0.4, 0.5) is 10.2 Å². The number of nitrogen functional groups attached to an aromatic ring is 1. The standard InChI is InChI=1S/C12H17FN5O4P3/c1-6-8(3-20-24-22-25-21-23-19)7(2-13)10(6)18-5-17-9-11(14)15-4-16-12(9)18/h4-5,7-8,10,19,23-25H,1-3H2,(H2,14,15,16)/t7-,8+,10-/m1/s1. The van der Waals surface area contributed by atoms with Crippen molar-refractivity contribution in [2.24, 2.45) is 11.8 Å². The number of hydrogen-bond donors (Lipinski definition) is 2. The van der Waals surface area contributed by atoms with Gasteiger partial charge < -0.3 is 19.7 Å². The van der Waals surface area contributed by atoms with Gasteiger partial charge in [0.05, 0.1) is 25.7 Å². The van der Waals surface area contributed by atoms with Crippen molar-refractivity contribution in [3.05, 3.63) is 24.8 Å². The minimum Gasteiger partial charge on any atom is -0.382 e. The van der Waals surface area contributed by atoms with Gasteiger partial charge >= 0.3 is 0 Å². The van der Waals surface area contributed by atoms with Gasteiger partial charge in [0.15, 0.2) is 38.6 Å². The first kappa shape index (κ1) is 18.9. The van der Waals surface area contributed by atoms with Crippen LogP contribution in [0.2, 0.25) is 0 Å². The number of nitrogens with two attached hydrogens (primary N) is 1. The Morgan fingerprint density at radius 2 is 2.16 bits per heavy atom. The monoisotopic (exact) mass is 407 g/mol. The van der Waals surface area contributed by atoms with E-state index < -0.39 is 15.7 Å². The lowest BCUT2D eigenvalue weighted by Gasteiger charge is -2.46. The van der Waals surface area contributed by atoms with Crippen LogP contribution < -0.4 is 5.73 Å². The van der Waals surface area contributed by atoms with E-state index in [0.29, 0.717) is 17.8 Å². The number of anilines is 1. The van der Waals surface area contributed by atoms with E-state index in [9.17, 15) is 4.39 Å². The lowest BCUT2D eigenvalue weighted by molar-refractivity contribution is 0.0956. The zero-order valence-electron chi connectivity index (χ0n) is 12.9. The van der Waals surface area contributed by atoms with Crippen molar-refractivity contribution in [3.8, 4) is 0 Å². The lowest BCUT2D eigenvalue weighted by atomic mass is 9.66. The summed E-state index contributed by atoms with van der Waals surface area (Å²) in [4.78, 5) is 20.8. The van der Waals surface area contributed by atoms with Crippen LogP contribution in [-0.4, -0.2) is 37.7 Å². The third kappa shape index (κ3) is 3.81. The van der Waals surface area contributed by atoms with Gasteiger partial charge in [-0.25, -0.2) is 15.0 Å². The number of halogens is 1. The normalized spacial score (nSPS) is 24.6. The molecule has 0 radical (unpaired) electrons. The van der Waals surface area contributed by atoms with Crippen molar-refractivity contribution in [1.29, 1.82) is 0 Å². The molecule has 3 rings (SSSR count). The molecule has 0 saturated heterocycles. The van der Waals surface area contributed by atoms with Crippen molar-refractivity contribution in [2.75, 3.05) is 19.0 Å². The Bertz CT molecular complexity index is 751. The van der Waals surface area contributed by atoms with Crippen molar-refractivity contribution < 1.29 is 22.4 Å². The SMILES string of the molecule is C=C1[C@@H](n2cnc3c(N)ncnc32)[C@H](CF)[C@H]1COPOPOPO. The van der Waals surface area contributed by atoms with Gasteiger partial charge in [-0.15, -0.1) is 0 Å². The van der Waals surface area contributed by atoms with Gasteiger partial charge in [0.2, 0.25) is 0 Å². The number of fused-ring (bicyclic) bond motifs is 1. The number of aromatic nitrogens is 4. The summed E-state index contributed by atoms with van der Waals surface area (Å²) in [6, 6.07) is -0.247. The molecule has 2 heterocycles. The predicted molar refractivity (Wildman–Crippen MR) is 96.2 cm³/mol. The highest BCUT2D eigenvalue weighted by atomic mass is 31.2. The Labute approximate surface area is 148 Å². The van der Waals surface area contributed by atoms with Gasteiger partial charge in [-0.05, 0) is 5.57 Å². The zero-order valence-corrected chi connectivity index (χ0v) is 15.9. The van der Waals surface area contributed by atoms with E-state index >= 15 is 0 Å². The molecule has 2 aromatic heterocycles. The summed E-state index contributed by atoms with van der Waals surface area (Å²) in [6.45, 7) is 3.86. The minimum absolute atomic E-state index is 0.119. The fourth-order valence-corrected chi connectivity index (χ4v) is 4.27. The van der Waals surface area contributed by atoms with Gasteiger partial charge in [-0.2, -0.15) is 0 Å². The van der Waals surface area contributed by atoms with E-state index in [2.05, 4.69) is 25.8 Å². The number of imidazole rings is 1. The largest absolute Gasteiger partial charge is 0.382 e. The average Bonchev–Trinajstić information content (AvgIpc) is 3.03. The van der Waals surface area contributed by atoms with Gasteiger partial charge in [0, 0.05) is 11.8 Å². The molecule has 0 spiro atoms.